The van der Waals surface area contributed by atoms with E-state index in [-0.39, 0.29) is 17.9 Å². The summed E-state index contributed by atoms with van der Waals surface area (Å²) in [4.78, 5) is 3.57. The number of halogens is 4. The van der Waals surface area contributed by atoms with Gasteiger partial charge in [0.05, 0.1) is 23.2 Å². The molecule has 0 aromatic carbocycles. The molecule has 0 aliphatic carbocycles. The molecule has 4 nitrogen and oxygen atoms in total. The third-order valence-electron chi connectivity index (χ3n) is 1.66. The number of hydrogen-bond donors (Lipinski definition) is 0. The van der Waals surface area contributed by atoms with Gasteiger partial charge < -0.3 is 9.47 Å². The van der Waals surface area contributed by atoms with E-state index in [0.29, 0.717) is 3.57 Å². The Labute approximate surface area is 108 Å². The Bertz CT molecular complexity index is 457. The molecule has 92 valence electrons. The first-order valence-corrected chi connectivity index (χ1v) is 5.31. The van der Waals surface area contributed by atoms with Gasteiger partial charge in [-0.15, -0.1) is 13.2 Å². The van der Waals surface area contributed by atoms with Crippen LogP contribution in [-0.2, 0) is 6.42 Å². The predicted octanol–water partition coefficient (Wildman–Crippen LogP) is 2.66. The zero-order chi connectivity index (χ0) is 13.1. The molecule has 0 radical (unpaired) electrons. The van der Waals surface area contributed by atoms with Gasteiger partial charge >= 0.3 is 6.36 Å². The van der Waals surface area contributed by atoms with Crippen molar-refractivity contribution in [1.29, 1.82) is 5.26 Å². The fourth-order valence-electron chi connectivity index (χ4n) is 1.05. The average molecular weight is 358 g/mol. The lowest BCUT2D eigenvalue weighted by Gasteiger charge is -2.12. The predicted molar refractivity (Wildman–Crippen MR) is 59.5 cm³/mol. The van der Waals surface area contributed by atoms with Crippen LogP contribution in [0.4, 0.5) is 13.2 Å². The van der Waals surface area contributed by atoms with Crippen molar-refractivity contribution in [1.82, 2.24) is 4.98 Å². The summed E-state index contributed by atoms with van der Waals surface area (Å²) in [6.45, 7) is 0. The number of pyridine rings is 1. The van der Waals surface area contributed by atoms with Gasteiger partial charge in [-0.1, -0.05) is 0 Å². The highest BCUT2D eigenvalue weighted by molar-refractivity contribution is 14.1. The molecule has 1 rings (SSSR count). The standard InChI is InChI=1S/C9H6F3IN2O2/c1-16-8-6(13)4-5(2-3-14)7(15-8)17-9(10,11)12/h4H,2H2,1H3. The van der Waals surface area contributed by atoms with Gasteiger partial charge in [0, 0.05) is 5.56 Å². The summed E-state index contributed by atoms with van der Waals surface area (Å²) in [7, 11) is 1.28. The van der Waals surface area contributed by atoms with Gasteiger partial charge in [0.1, 0.15) is 0 Å². The van der Waals surface area contributed by atoms with Crippen molar-refractivity contribution in [3.05, 3.63) is 15.2 Å². The van der Waals surface area contributed by atoms with Crippen LogP contribution in [-0.4, -0.2) is 18.5 Å². The second kappa shape index (κ2) is 5.39. The zero-order valence-electron chi connectivity index (χ0n) is 8.51. The van der Waals surface area contributed by atoms with Crippen LogP contribution in [0, 0.1) is 14.9 Å². The van der Waals surface area contributed by atoms with Crippen molar-refractivity contribution in [3.8, 4) is 17.8 Å². The van der Waals surface area contributed by atoms with E-state index in [1.54, 1.807) is 6.07 Å². The van der Waals surface area contributed by atoms with Crippen molar-refractivity contribution in [2.24, 2.45) is 0 Å². The Kier molecular flexibility index (Phi) is 4.39. The van der Waals surface area contributed by atoms with Gasteiger partial charge in [0.25, 0.3) is 0 Å². The molecule has 0 aliphatic rings. The quantitative estimate of drug-likeness (QED) is 0.780. The van der Waals surface area contributed by atoms with E-state index in [2.05, 4.69) is 9.72 Å². The van der Waals surface area contributed by atoms with Gasteiger partial charge in [0.2, 0.25) is 11.8 Å². The van der Waals surface area contributed by atoms with E-state index < -0.39 is 12.2 Å². The Balaban J connectivity index is 3.20. The maximum atomic E-state index is 12.1. The first-order valence-electron chi connectivity index (χ1n) is 4.23. The number of methoxy groups -OCH3 is 1. The summed E-state index contributed by atoms with van der Waals surface area (Å²) in [5, 5.41) is 8.51. The molecule has 0 N–H and O–H groups in total. The molecule has 17 heavy (non-hydrogen) atoms. The third kappa shape index (κ3) is 3.92. The lowest BCUT2D eigenvalue weighted by atomic mass is 10.2. The third-order valence-corrected chi connectivity index (χ3v) is 2.43. The number of rotatable bonds is 3. The summed E-state index contributed by atoms with van der Waals surface area (Å²) in [5.41, 5.74) is 0.0648. The van der Waals surface area contributed by atoms with Crippen LogP contribution in [0.1, 0.15) is 5.56 Å². The molecule has 0 aliphatic heterocycles. The number of aromatic nitrogens is 1. The number of alkyl halides is 3. The minimum Gasteiger partial charge on any atom is -0.480 e. The molecular weight excluding hydrogens is 352 g/mol. The zero-order valence-corrected chi connectivity index (χ0v) is 10.7. The minimum absolute atomic E-state index is 0.0199. The second-order valence-corrected chi connectivity index (χ2v) is 3.99. The summed E-state index contributed by atoms with van der Waals surface area (Å²) in [6, 6.07) is 3.12. The molecule has 1 heterocycles. The van der Waals surface area contributed by atoms with Crippen LogP contribution in [0.2, 0.25) is 0 Å². The first kappa shape index (κ1) is 13.8. The molecule has 0 amide bonds. The van der Waals surface area contributed by atoms with Crippen molar-refractivity contribution < 1.29 is 22.6 Å². The number of nitrogens with zero attached hydrogens (tertiary/aromatic N) is 2. The average Bonchev–Trinajstić information content (AvgIpc) is 2.20. The molecule has 0 atom stereocenters. The summed E-state index contributed by atoms with van der Waals surface area (Å²) < 4.78 is 45.4. The molecule has 0 unspecified atom stereocenters. The number of nitriles is 1. The maximum absolute atomic E-state index is 12.1. The second-order valence-electron chi connectivity index (χ2n) is 2.83. The van der Waals surface area contributed by atoms with Crippen LogP contribution in [0.3, 0.4) is 0 Å². The molecule has 1 aromatic rings. The smallest absolute Gasteiger partial charge is 0.480 e. The lowest BCUT2D eigenvalue weighted by Crippen LogP contribution is -2.19. The van der Waals surface area contributed by atoms with Crippen LogP contribution >= 0.6 is 22.6 Å². The Morgan fingerprint density at radius 2 is 2.12 bits per heavy atom. The monoisotopic (exact) mass is 358 g/mol. The Morgan fingerprint density at radius 1 is 1.47 bits per heavy atom. The van der Waals surface area contributed by atoms with Crippen LogP contribution in [0.5, 0.6) is 11.8 Å². The fourth-order valence-corrected chi connectivity index (χ4v) is 1.76. The summed E-state index contributed by atoms with van der Waals surface area (Å²) in [6.07, 6.45) is -5.08. The van der Waals surface area contributed by atoms with E-state index in [4.69, 9.17) is 10.00 Å². The molecule has 0 saturated heterocycles. The van der Waals surface area contributed by atoms with E-state index in [1.807, 2.05) is 22.6 Å². The SMILES string of the molecule is COc1nc(OC(F)(F)F)c(CC#N)cc1I. The Hall–Kier alpha value is -1.24. The summed E-state index contributed by atoms with van der Waals surface area (Å²) in [5.74, 6) is -0.636. The van der Waals surface area contributed by atoms with E-state index >= 15 is 0 Å². The molecule has 0 spiro atoms. The van der Waals surface area contributed by atoms with Gasteiger partial charge in [-0.3, -0.25) is 0 Å². The molecular formula is C9H6F3IN2O2. The molecule has 8 heteroatoms. The molecule has 0 fully saturated rings. The van der Waals surface area contributed by atoms with Crippen molar-refractivity contribution >= 4 is 22.6 Å². The number of hydrogen-bond acceptors (Lipinski definition) is 4. The minimum atomic E-state index is -4.85. The number of ether oxygens (including phenoxy) is 2. The highest BCUT2D eigenvalue weighted by Crippen LogP contribution is 2.30. The maximum Gasteiger partial charge on any atom is 0.574 e. The lowest BCUT2D eigenvalue weighted by molar-refractivity contribution is -0.276. The normalized spacial score (nSPS) is 10.8. The van der Waals surface area contributed by atoms with E-state index in [1.165, 1.54) is 13.2 Å². The van der Waals surface area contributed by atoms with Gasteiger partial charge in [0.15, 0.2) is 0 Å². The molecule has 0 bridgehead atoms. The van der Waals surface area contributed by atoms with Crippen LogP contribution in [0.15, 0.2) is 6.07 Å². The highest BCUT2D eigenvalue weighted by atomic mass is 127. The van der Waals surface area contributed by atoms with E-state index in [0.717, 1.165) is 0 Å². The van der Waals surface area contributed by atoms with Crippen molar-refractivity contribution in [3.63, 3.8) is 0 Å². The highest BCUT2D eigenvalue weighted by Gasteiger charge is 2.33. The van der Waals surface area contributed by atoms with Crippen LogP contribution < -0.4 is 9.47 Å². The van der Waals surface area contributed by atoms with E-state index in [9.17, 15) is 13.2 Å². The van der Waals surface area contributed by atoms with Crippen molar-refractivity contribution in [2.45, 2.75) is 12.8 Å². The van der Waals surface area contributed by atoms with Gasteiger partial charge in [-0.25, -0.2) is 0 Å². The first-order chi connectivity index (χ1) is 7.87. The van der Waals surface area contributed by atoms with Crippen molar-refractivity contribution in [2.75, 3.05) is 7.11 Å². The fraction of sp³-hybridized carbons (Fsp3) is 0.333. The van der Waals surface area contributed by atoms with Crippen LogP contribution in [0.25, 0.3) is 0 Å². The topological polar surface area (TPSA) is 55.1 Å². The molecule has 0 saturated carbocycles. The largest absolute Gasteiger partial charge is 0.574 e. The summed E-state index contributed by atoms with van der Waals surface area (Å²) >= 11 is 1.85. The van der Waals surface area contributed by atoms with Gasteiger partial charge in [-0.05, 0) is 28.7 Å². The van der Waals surface area contributed by atoms with Gasteiger partial charge in [-0.2, -0.15) is 10.2 Å². The Morgan fingerprint density at radius 3 is 2.59 bits per heavy atom. The molecule has 1 aromatic heterocycles.